The van der Waals surface area contributed by atoms with Crippen molar-refractivity contribution in [2.24, 2.45) is 0 Å². The molecule has 0 amide bonds. The van der Waals surface area contributed by atoms with Gasteiger partial charge in [-0.05, 0) is 27.9 Å². The second-order valence-electron chi connectivity index (χ2n) is 5.08. The van der Waals surface area contributed by atoms with Gasteiger partial charge in [0.15, 0.2) is 0 Å². The average Bonchev–Trinajstić information content (AvgIpc) is 2.57. The summed E-state index contributed by atoms with van der Waals surface area (Å²) >= 11 is 0. The van der Waals surface area contributed by atoms with Crippen molar-refractivity contribution in [2.75, 3.05) is 33.7 Å². The maximum Gasteiger partial charge on any atom is 0.105 e. The minimum atomic E-state index is -0.687. The summed E-state index contributed by atoms with van der Waals surface area (Å²) in [6, 6.07) is 0. The normalized spacial score (nSPS) is 15.2. The monoisotopic (exact) mass is 240 g/mol. The predicted molar refractivity (Wildman–Crippen MR) is 69.0 cm³/mol. The molecule has 0 saturated heterocycles. The summed E-state index contributed by atoms with van der Waals surface area (Å²) in [6.45, 7) is 6.80. The Morgan fingerprint density at radius 1 is 1.53 bits per heavy atom. The minimum Gasteiger partial charge on any atom is -0.388 e. The van der Waals surface area contributed by atoms with Crippen LogP contribution >= 0.6 is 0 Å². The Morgan fingerprint density at radius 2 is 2.24 bits per heavy atom. The lowest BCUT2D eigenvalue weighted by molar-refractivity contribution is 0.0338. The van der Waals surface area contributed by atoms with Gasteiger partial charge >= 0.3 is 0 Å². The van der Waals surface area contributed by atoms with Crippen LogP contribution in [-0.2, 0) is 6.54 Å². The van der Waals surface area contributed by atoms with E-state index in [1.165, 1.54) is 0 Å². The van der Waals surface area contributed by atoms with E-state index < -0.39 is 5.60 Å². The standard InChI is InChI=1S/C12H24N4O/c1-11-14-6-8-16(11)7-5-13-9-12(2,17)10-15(3)4/h6,8,13,17H,5,7,9-10H2,1-4H3. The highest BCUT2D eigenvalue weighted by Gasteiger charge is 2.20. The molecule has 0 aliphatic carbocycles. The van der Waals surface area contributed by atoms with Crippen LogP contribution in [0.15, 0.2) is 12.4 Å². The number of hydrogen-bond acceptors (Lipinski definition) is 4. The third kappa shape index (κ3) is 5.30. The third-order valence-corrected chi connectivity index (χ3v) is 2.62. The average molecular weight is 240 g/mol. The maximum absolute atomic E-state index is 10.1. The van der Waals surface area contributed by atoms with E-state index in [0.29, 0.717) is 13.1 Å². The van der Waals surface area contributed by atoms with Crippen molar-refractivity contribution in [2.45, 2.75) is 26.0 Å². The van der Waals surface area contributed by atoms with Crippen LogP contribution in [0, 0.1) is 6.92 Å². The van der Waals surface area contributed by atoms with Gasteiger partial charge in [-0.2, -0.15) is 0 Å². The Labute approximate surface area is 103 Å². The lowest BCUT2D eigenvalue weighted by Gasteiger charge is -2.27. The molecule has 1 heterocycles. The molecule has 1 aromatic heterocycles. The fourth-order valence-electron chi connectivity index (χ4n) is 1.93. The fraction of sp³-hybridized carbons (Fsp3) is 0.750. The van der Waals surface area contributed by atoms with Crippen LogP contribution in [-0.4, -0.2) is 58.9 Å². The summed E-state index contributed by atoms with van der Waals surface area (Å²) in [4.78, 5) is 6.15. The first-order valence-corrected chi connectivity index (χ1v) is 5.96. The zero-order valence-electron chi connectivity index (χ0n) is 11.3. The quantitative estimate of drug-likeness (QED) is 0.664. The highest BCUT2D eigenvalue weighted by atomic mass is 16.3. The molecule has 1 aromatic rings. The summed E-state index contributed by atoms with van der Waals surface area (Å²) < 4.78 is 2.09. The number of rotatable bonds is 7. The van der Waals surface area contributed by atoms with E-state index in [4.69, 9.17) is 0 Å². The Bertz CT molecular complexity index is 333. The second-order valence-corrected chi connectivity index (χ2v) is 5.08. The van der Waals surface area contributed by atoms with E-state index in [-0.39, 0.29) is 0 Å². The van der Waals surface area contributed by atoms with E-state index in [9.17, 15) is 5.11 Å². The molecule has 0 spiro atoms. The molecule has 0 radical (unpaired) electrons. The lowest BCUT2D eigenvalue weighted by Crippen LogP contribution is -2.46. The lowest BCUT2D eigenvalue weighted by atomic mass is 10.1. The van der Waals surface area contributed by atoms with Crippen molar-refractivity contribution < 1.29 is 5.11 Å². The van der Waals surface area contributed by atoms with Gasteiger partial charge < -0.3 is 19.9 Å². The molecule has 0 fully saturated rings. The summed E-state index contributed by atoms with van der Waals surface area (Å²) in [5, 5.41) is 13.3. The number of aliphatic hydroxyl groups is 1. The molecule has 1 unspecified atom stereocenters. The van der Waals surface area contributed by atoms with E-state index in [1.807, 2.05) is 39.0 Å². The molecular formula is C12H24N4O. The summed E-state index contributed by atoms with van der Waals surface area (Å²) in [6.07, 6.45) is 3.77. The van der Waals surface area contributed by atoms with Crippen LogP contribution in [0.5, 0.6) is 0 Å². The molecule has 0 aliphatic rings. The van der Waals surface area contributed by atoms with Crippen LogP contribution in [0.1, 0.15) is 12.7 Å². The number of aryl methyl sites for hydroxylation is 1. The first-order valence-electron chi connectivity index (χ1n) is 5.96. The predicted octanol–water partition coefficient (Wildman–Crippen LogP) is 0.0937. The molecule has 0 saturated carbocycles. The topological polar surface area (TPSA) is 53.3 Å². The Hall–Kier alpha value is -0.910. The number of nitrogens with one attached hydrogen (secondary N) is 1. The molecule has 1 atom stereocenters. The van der Waals surface area contributed by atoms with Crippen LogP contribution < -0.4 is 5.32 Å². The first kappa shape index (κ1) is 14.2. The maximum atomic E-state index is 10.1. The second kappa shape index (κ2) is 6.14. The largest absolute Gasteiger partial charge is 0.388 e. The van der Waals surface area contributed by atoms with Crippen LogP contribution in [0.25, 0.3) is 0 Å². The molecule has 98 valence electrons. The van der Waals surface area contributed by atoms with Crippen molar-refractivity contribution in [3.63, 3.8) is 0 Å². The molecule has 0 aliphatic heterocycles. The summed E-state index contributed by atoms with van der Waals surface area (Å²) in [5.41, 5.74) is -0.687. The molecular weight excluding hydrogens is 216 g/mol. The van der Waals surface area contributed by atoms with Gasteiger partial charge in [0, 0.05) is 38.6 Å². The van der Waals surface area contributed by atoms with Gasteiger partial charge in [0.1, 0.15) is 5.82 Å². The van der Waals surface area contributed by atoms with Crippen molar-refractivity contribution in [3.8, 4) is 0 Å². The highest BCUT2D eigenvalue weighted by Crippen LogP contribution is 2.02. The molecule has 0 aromatic carbocycles. The molecule has 17 heavy (non-hydrogen) atoms. The molecule has 0 bridgehead atoms. The van der Waals surface area contributed by atoms with E-state index in [0.717, 1.165) is 18.9 Å². The summed E-state index contributed by atoms with van der Waals surface area (Å²) in [5.74, 6) is 1.02. The van der Waals surface area contributed by atoms with Crippen LogP contribution in [0.3, 0.4) is 0 Å². The smallest absolute Gasteiger partial charge is 0.105 e. The zero-order chi connectivity index (χ0) is 12.9. The van der Waals surface area contributed by atoms with Crippen molar-refractivity contribution >= 4 is 0 Å². The van der Waals surface area contributed by atoms with Crippen molar-refractivity contribution in [1.29, 1.82) is 0 Å². The van der Waals surface area contributed by atoms with E-state index in [1.54, 1.807) is 6.20 Å². The number of nitrogens with zero attached hydrogens (tertiary/aromatic N) is 3. The molecule has 5 heteroatoms. The zero-order valence-corrected chi connectivity index (χ0v) is 11.3. The number of aromatic nitrogens is 2. The van der Waals surface area contributed by atoms with Gasteiger partial charge in [-0.15, -0.1) is 0 Å². The minimum absolute atomic E-state index is 0.596. The first-order chi connectivity index (χ1) is 7.91. The van der Waals surface area contributed by atoms with Crippen molar-refractivity contribution in [3.05, 3.63) is 18.2 Å². The van der Waals surface area contributed by atoms with Crippen molar-refractivity contribution in [1.82, 2.24) is 19.8 Å². The van der Waals surface area contributed by atoms with Gasteiger partial charge in [-0.3, -0.25) is 0 Å². The number of likely N-dealkylation sites (N-methyl/N-ethyl adjacent to an activating group) is 1. The Kier molecular flexibility index (Phi) is 5.11. The van der Waals surface area contributed by atoms with Gasteiger partial charge in [-0.1, -0.05) is 0 Å². The van der Waals surface area contributed by atoms with E-state index >= 15 is 0 Å². The van der Waals surface area contributed by atoms with Crippen LogP contribution in [0.2, 0.25) is 0 Å². The molecule has 5 nitrogen and oxygen atoms in total. The van der Waals surface area contributed by atoms with Gasteiger partial charge in [0.2, 0.25) is 0 Å². The third-order valence-electron chi connectivity index (χ3n) is 2.62. The summed E-state index contributed by atoms with van der Waals surface area (Å²) in [7, 11) is 3.92. The van der Waals surface area contributed by atoms with Gasteiger partial charge in [-0.25, -0.2) is 4.98 Å². The highest BCUT2D eigenvalue weighted by molar-refractivity contribution is 4.88. The molecule has 2 N–H and O–H groups in total. The van der Waals surface area contributed by atoms with Gasteiger partial charge in [0.25, 0.3) is 0 Å². The Balaban J connectivity index is 2.22. The fourth-order valence-corrected chi connectivity index (χ4v) is 1.93. The Morgan fingerprint density at radius 3 is 2.76 bits per heavy atom. The number of hydrogen-bond donors (Lipinski definition) is 2. The SMILES string of the molecule is Cc1nccn1CCNCC(C)(O)CN(C)C. The van der Waals surface area contributed by atoms with E-state index in [2.05, 4.69) is 14.9 Å². The van der Waals surface area contributed by atoms with Gasteiger partial charge in [0.05, 0.1) is 5.60 Å². The number of imidazole rings is 1. The molecule has 1 rings (SSSR count). The van der Waals surface area contributed by atoms with Crippen LogP contribution in [0.4, 0.5) is 0 Å².